The summed E-state index contributed by atoms with van der Waals surface area (Å²) in [6.07, 6.45) is 0. The summed E-state index contributed by atoms with van der Waals surface area (Å²) >= 11 is 5.67. The van der Waals surface area contributed by atoms with Gasteiger partial charge in [-0.25, -0.2) is 22.0 Å². The number of carbonyl (C=O) groups is 1. The number of hydrogen-bond acceptors (Lipinski definition) is 4. The molecule has 0 aliphatic heterocycles. The van der Waals surface area contributed by atoms with Crippen LogP contribution in [0.3, 0.4) is 0 Å². The van der Waals surface area contributed by atoms with Crippen molar-refractivity contribution in [2.45, 2.75) is 11.3 Å². The topological polar surface area (TPSA) is 72.5 Å². The lowest BCUT2D eigenvalue weighted by atomic mass is 10.1. The van der Waals surface area contributed by atoms with Crippen molar-refractivity contribution in [2.24, 2.45) is 0 Å². The molecule has 9 heteroatoms. The van der Waals surface area contributed by atoms with E-state index in [9.17, 15) is 22.0 Å². The van der Waals surface area contributed by atoms with E-state index in [1.807, 2.05) is 0 Å². The van der Waals surface area contributed by atoms with Gasteiger partial charge in [-0.1, -0.05) is 23.7 Å². The van der Waals surface area contributed by atoms with Crippen LogP contribution < -0.4 is 4.72 Å². The van der Waals surface area contributed by atoms with E-state index in [1.165, 1.54) is 24.3 Å². The lowest BCUT2D eigenvalue weighted by molar-refractivity contribution is -0.149. The van der Waals surface area contributed by atoms with Crippen LogP contribution in [0.5, 0.6) is 0 Å². The van der Waals surface area contributed by atoms with Gasteiger partial charge >= 0.3 is 5.97 Å². The van der Waals surface area contributed by atoms with Gasteiger partial charge in [0, 0.05) is 5.02 Å². The second kappa shape index (κ2) is 7.15. The average molecular weight is 342 g/mol. The van der Waals surface area contributed by atoms with Crippen molar-refractivity contribution < 1.29 is 26.7 Å². The van der Waals surface area contributed by atoms with Crippen LogP contribution in [-0.4, -0.2) is 40.4 Å². The lowest BCUT2D eigenvalue weighted by Crippen LogP contribution is -2.58. The fraction of sp³-hybridized carbons (Fsp3) is 0.417. The van der Waals surface area contributed by atoms with Gasteiger partial charge in [0.05, 0.1) is 12.9 Å². The first kappa shape index (κ1) is 17.8. The van der Waals surface area contributed by atoms with Crippen LogP contribution in [0.4, 0.5) is 8.78 Å². The van der Waals surface area contributed by atoms with Crippen molar-refractivity contribution >= 4 is 27.6 Å². The fourth-order valence-electron chi connectivity index (χ4n) is 1.57. The van der Waals surface area contributed by atoms with E-state index >= 15 is 0 Å². The number of methoxy groups -OCH3 is 1. The maximum Gasteiger partial charge on any atom is 0.332 e. The Morgan fingerprint density at radius 3 is 2.24 bits per heavy atom. The minimum Gasteiger partial charge on any atom is -0.467 e. The highest BCUT2D eigenvalue weighted by Gasteiger charge is 2.44. The normalized spacial score (nSPS) is 12.2. The van der Waals surface area contributed by atoms with Gasteiger partial charge in [0.1, 0.15) is 13.3 Å². The summed E-state index contributed by atoms with van der Waals surface area (Å²) in [5, 5.41) is 0.417. The first-order valence-electron chi connectivity index (χ1n) is 5.75. The molecule has 0 fully saturated rings. The molecule has 1 aromatic carbocycles. The predicted molar refractivity (Wildman–Crippen MR) is 73.9 cm³/mol. The van der Waals surface area contributed by atoms with Gasteiger partial charge in [0.2, 0.25) is 10.0 Å². The number of esters is 1. The molecule has 21 heavy (non-hydrogen) atoms. The molecule has 0 radical (unpaired) electrons. The van der Waals surface area contributed by atoms with Crippen LogP contribution in [0.25, 0.3) is 0 Å². The number of alkyl halides is 2. The fourth-order valence-corrected chi connectivity index (χ4v) is 3.19. The highest BCUT2D eigenvalue weighted by atomic mass is 35.5. The number of benzene rings is 1. The Morgan fingerprint density at radius 1 is 1.29 bits per heavy atom. The number of rotatable bonds is 7. The SMILES string of the molecule is COC(=O)C(CF)(CF)NS(=O)(=O)Cc1ccc(Cl)cc1. The Bertz CT molecular complexity index is 588. The molecule has 0 saturated heterocycles. The van der Waals surface area contributed by atoms with E-state index in [-0.39, 0.29) is 0 Å². The Hall–Kier alpha value is -1.25. The Morgan fingerprint density at radius 2 is 1.81 bits per heavy atom. The smallest absolute Gasteiger partial charge is 0.332 e. The number of carbonyl (C=O) groups excluding carboxylic acids is 1. The summed E-state index contributed by atoms with van der Waals surface area (Å²) in [5.74, 6) is -1.88. The van der Waals surface area contributed by atoms with Gasteiger partial charge in [-0.3, -0.25) is 0 Å². The zero-order valence-corrected chi connectivity index (χ0v) is 12.7. The van der Waals surface area contributed by atoms with Crippen molar-refractivity contribution in [1.82, 2.24) is 4.72 Å². The Balaban J connectivity index is 2.96. The van der Waals surface area contributed by atoms with Gasteiger partial charge in [-0.05, 0) is 17.7 Å². The molecule has 118 valence electrons. The zero-order chi connectivity index (χ0) is 16.1. The number of nitrogens with one attached hydrogen (secondary N) is 1. The molecule has 0 bridgehead atoms. The minimum absolute atomic E-state index is 0.350. The molecule has 0 aliphatic rings. The van der Waals surface area contributed by atoms with E-state index in [0.29, 0.717) is 10.6 Å². The van der Waals surface area contributed by atoms with Crippen LogP contribution in [0, 0.1) is 0 Å². The molecular weight excluding hydrogens is 328 g/mol. The van der Waals surface area contributed by atoms with E-state index in [1.54, 1.807) is 4.72 Å². The minimum atomic E-state index is -4.16. The van der Waals surface area contributed by atoms with Crippen LogP contribution in [0.1, 0.15) is 5.56 Å². The molecule has 0 unspecified atom stereocenters. The number of hydrogen-bond donors (Lipinski definition) is 1. The molecule has 0 saturated carbocycles. The zero-order valence-electron chi connectivity index (χ0n) is 11.1. The Kier molecular flexibility index (Phi) is 6.06. The second-order valence-electron chi connectivity index (χ2n) is 4.33. The maximum atomic E-state index is 13.0. The third-order valence-electron chi connectivity index (χ3n) is 2.65. The molecule has 0 aliphatic carbocycles. The molecule has 0 heterocycles. The molecular formula is C12H14ClF2NO4S. The third kappa shape index (κ3) is 4.62. The third-order valence-corrected chi connectivity index (χ3v) is 4.32. The first-order chi connectivity index (χ1) is 9.78. The molecule has 0 aromatic heterocycles. The van der Waals surface area contributed by atoms with E-state index in [4.69, 9.17) is 11.6 Å². The van der Waals surface area contributed by atoms with E-state index in [2.05, 4.69) is 4.74 Å². The van der Waals surface area contributed by atoms with Crippen molar-refractivity contribution in [3.63, 3.8) is 0 Å². The number of ether oxygens (including phenoxy) is 1. The maximum absolute atomic E-state index is 13.0. The second-order valence-corrected chi connectivity index (χ2v) is 6.49. The van der Waals surface area contributed by atoms with Crippen molar-refractivity contribution in [2.75, 3.05) is 20.5 Å². The molecule has 1 aromatic rings. The summed E-state index contributed by atoms with van der Waals surface area (Å²) in [5.41, 5.74) is -2.21. The molecule has 5 nitrogen and oxygen atoms in total. The molecule has 1 N–H and O–H groups in total. The monoisotopic (exact) mass is 341 g/mol. The molecule has 0 amide bonds. The predicted octanol–water partition coefficient (Wildman–Crippen LogP) is 1.61. The standard InChI is InChI=1S/C12H14ClF2NO4S/c1-20-11(17)12(7-14,8-15)16-21(18,19)6-9-2-4-10(13)5-3-9/h2-5,16H,6-8H2,1H3. The summed E-state index contributed by atoms with van der Waals surface area (Å²) in [6.45, 7) is -3.12. The van der Waals surface area contributed by atoms with Gasteiger partial charge in [0.25, 0.3) is 0 Å². The molecule has 0 atom stereocenters. The summed E-state index contributed by atoms with van der Waals surface area (Å²) < 4.78 is 55.9. The number of sulfonamides is 1. The van der Waals surface area contributed by atoms with E-state index < -0.39 is 40.6 Å². The molecule has 1 rings (SSSR count). The summed E-state index contributed by atoms with van der Waals surface area (Å²) in [4.78, 5) is 11.4. The highest BCUT2D eigenvalue weighted by Crippen LogP contribution is 2.16. The Labute approximate surface area is 126 Å². The highest BCUT2D eigenvalue weighted by molar-refractivity contribution is 7.88. The van der Waals surface area contributed by atoms with Crippen LogP contribution >= 0.6 is 11.6 Å². The van der Waals surface area contributed by atoms with Crippen molar-refractivity contribution in [3.8, 4) is 0 Å². The lowest BCUT2D eigenvalue weighted by Gasteiger charge is -2.25. The van der Waals surface area contributed by atoms with Gasteiger partial charge in [-0.2, -0.15) is 4.72 Å². The first-order valence-corrected chi connectivity index (χ1v) is 7.78. The van der Waals surface area contributed by atoms with E-state index in [0.717, 1.165) is 7.11 Å². The van der Waals surface area contributed by atoms with Crippen molar-refractivity contribution in [3.05, 3.63) is 34.9 Å². The average Bonchev–Trinajstić information content (AvgIpc) is 2.46. The van der Waals surface area contributed by atoms with Gasteiger partial charge < -0.3 is 4.74 Å². The largest absolute Gasteiger partial charge is 0.467 e. The number of halogens is 3. The quantitative estimate of drug-likeness (QED) is 0.765. The molecule has 0 spiro atoms. The van der Waals surface area contributed by atoms with Gasteiger partial charge in [-0.15, -0.1) is 0 Å². The van der Waals surface area contributed by atoms with Crippen LogP contribution in [0.2, 0.25) is 5.02 Å². The summed E-state index contributed by atoms with van der Waals surface area (Å²) in [7, 11) is -3.25. The van der Waals surface area contributed by atoms with Crippen molar-refractivity contribution in [1.29, 1.82) is 0 Å². The van der Waals surface area contributed by atoms with Crippen LogP contribution in [0.15, 0.2) is 24.3 Å². The van der Waals surface area contributed by atoms with Crippen LogP contribution in [-0.2, 0) is 25.3 Å². The van der Waals surface area contributed by atoms with Gasteiger partial charge in [0.15, 0.2) is 5.54 Å². The summed E-state index contributed by atoms with van der Waals surface area (Å²) in [6, 6.07) is 5.85.